The maximum Gasteiger partial charge on any atom is 0.106 e. The molecule has 0 unspecified atom stereocenters. The Morgan fingerprint density at radius 3 is 2.91 bits per heavy atom. The molecular formula is C7H8BrClN2. The van der Waals surface area contributed by atoms with E-state index in [1.54, 1.807) is 0 Å². The van der Waals surface area contributed by atoms with Gasteiger partial charge in [0.2, 0.25) is 0 Å². The summed E-state index contributed by atoms with van der Waals surface area (Å²) in [6, 6.07) is 5.81. The lowest BCUT2D eigenvalue weighted by atomic mass is 10.2. The second kappa shape index (κ2) is 4.04. The van der Waals surface area contributed by atoms with Crippen LogP contribution in [0.1, 0.15) is 18.7 Å². The van der Waals surface area contributed by atoms with Crippen LogP contribution in [0.3, 0.4) is 0 Å². The summed E-state index contributed by atoms with van der Waals surface area (Å²) in [6.07, 6.45) is 0. The lowest BCUT2D eigenvalue weighted by Crippen LogP contribution is -2.08. The molecule has 0 aromatic carbocycles. The number of aromatic nitrogens is 1. The smallest absolute Gasteiger partial charge is 0.106 e. The average Bonchev–Trinajstić information content (AvgIpc) is 2.03. The van der Waals surface area contributed by atoms with Crippen molar-refractivity contribution in [2.75, 3.05) is 0 Å². The summed E-state index contributed by atoms with van der Waals surface area (Å²) < 4.78 is 0.828. The van der Waals surface area contributed by atoms with Gasteiger partial charge in [-0.25, -0.2) is 9.82 Å². The fourth-order valence-corrected chi connectivity index (χ4v) is 1.19. The highest BCUT2D eigenvalue weighted by molar-refractivity contribution is 9.10. The van der Waals surface area contributed by atoms with Crippen molar-refractivity contribution in [3.05, 3.63) is 28.5 Å². The highest BCUT2D eigenvalue weighted by atomic mass is 79.9. The number of nitrogens with one attached hydrogen (secondary N) is 1. The second-order valence-corrected chi connectivity index (χ2v) is 3.25. The molecule has 1 aromatic rings. The van der Waals surface area contributed by atoms with Crippen LogP contribution in [0.2, 0.25) is 0 Å². The van der Waals surface area contributed by atoms with Crippen molar-refractivity contribution >= 4 is 27.7 Å². The Hall–Kier alpha value is -0.120. The summed E-state index contributed by atoms with van der Waals surface area (Å²) in [6.45, 7) is 1.95. The van der Waals surface area contributed by atoms with Gasteiger partial charge in [0.1, 0.15) is 4.60 Å². The third-order valence-electron chi connectivity index (χ3n) is 1.34. The highest BCUT2D eigenvalue weighted by Gasteiger charge is 2.03. The maximum atomic E-state index is 5.43. The lowest BCUT2D eigenvalue weighted by molar-refractivity contribution is 0.714. The Bertz CT molecular complexity index is 242. The van der Waals surface area contributed by atoms with Crippen molar-refractivity contribution in [1.29, 1.82) is 0 Å². The van der Waals surface area contributed by atoms with E-state index < -0.39 is 0 Å². The van der Waals surface area contributed by atoms with E-state index in [4.69, 9.17) is 11.8 Å². The van der Waals surface area contributed by atoms with Crippen molar-refractivity contribution < 1.29 is 0 Å². The monoisotopic (exact) mass is 234 g/mol. The van der Waals surface area contributed by atoms with Crippen LogP contribution < -0.4 is 4.84 Å². The molecule has 1 heterocycles. The van der Waals surface area contributed by atoms with Gasteiger partial charge in [0, 0.05) is 0 Å². The quantitative estimate of drug-likeness (QED) is 0.630. The molecule has 0 aliphatic rings. The van der Waals surface area contributed by atoms with E-state index in [9.17, 15) is 0 Å². The van der Waals surface area contributed by atoms with E-state index >= 15 is 0 Å². The summed E-state index contributed by atoms with van der Waals surface area (Å²) in [4.78, 5) is 6.81. The minimum atomic E-state index is 0.0779. The summed E-state index contributed by atoms with van der Waals surface area (Å²) in [7, 11) is 0. The molecule has 0 spiro atoms. The normalized spacial score (nSPS) is 13.0. The topological polar surface area (TPSA) is 24.9 Å². The van der Waals surface area contributed by atoms with Gasteiger partial charge in [-0.2, -0.15) is 0 Å². The van der Waals surface area contributed by atoms with E-state index in [1.807, 2.05) is 25.1 Å². The number of rotatable bonds is 2. The van der Waals surface area contributed by atoms with E-state index in [1.165, 1.54) is 0 Å². The number of pyridine rings is 1. The largest absolute Gasteiger partial charge is 0.244 e. The highest BCUT2D eigenvalue weighted by Crippen LogP contribution is 2.13. The van der Waals surface area contributed by atoms with Crippen molar-refractivity contribution in [3.8, 4) is 0 Å². The van der Waals surface area contributed by atoms with Crippen LogP contribution in [0.15, 0.2) is 22.8 Å². The standard InChI is InChI=1S/C7H8BrClN2/c1-5(11-9)6-3-2-4-7(8)10-6/h2-5,11H,1H3/t5-/m1/s1. The van der Waals surface area contributed by atoms with Crippen molar-refractivity contribution in [3.63, 3.8) is 0 Å². The first-order chi connectivity index (χ1) is 5.24. The molecule has 0 amide bonds. The molecule has 0 saturated carbocycles. The molecule has 0 aliphatic heterocycles. The van der Waals surface area contributed by atoms with Crippen molar-refractivity contribution in [2.45, 2.75) is 13.0 Å². The number of nitrogens with zero attached hydrogens (tertiary/aromatic N) is 1. The minimum absolute atomic E-state index is 0.0779. The van der Waals surface area contributed by atoms with E-state index in [2.05, 4.69) is 25.7 Å². The maximum absolute atomic E-state index is 5.43. The zero-order valence-corrected chi connectivity index (χ0v) is 8.35. The van der Waals surface area contributed by atoms with Gasteiger partial charge in [0.25, 0.3) is 0 Å². The minimum Gasteiger partial charge on any atom is -0.244 e. The van der Waals surface area contributed by atoms with Gasteiger partial charge in [-0.1, -0.05) is 6.07 Å². The van der Waals surface area contributed by atoms with Gasteiger partial charge < -0.3 is 0 Å². The predicted octanol–water partition coefficient (Wildman–Crippen LogP) is 2.65. The van der Waals surface area contributed by atoms with Gasteiger partial charge in [0.15, 0.2) is 0 Å². The zero-order valence-electron chi connectivity index (χ0n) is 6.01. The van der Waals surface area contributed by atoms with Crippen molar-refractivity contribution in [2.24, 2.45) is 0 Å². The molecule has 4 heteroatoms. The third-order valence-corrected chi connectivity index (χ3v) is 2.11. The van der Waals surface area contributed by atoms with Gasteiger partial charge in [-0.15, -0.1) is 0 Å². The van der Waals surface area contributed by atoms with Crippen LogP contribution in [0.25, 0.3) is 0 Å². The van der Waals surface area contributed by atoms with Gasteiger partial charge in [-0.3, -0.25) is 0 Å². The van der Waals surface area contributed by atoms with Crippen LogP contribution in [-0.4, -0.2) is 4.98 Å². The molecule has 0 saturated heterocycles. The van der Waals surface area contributed by atoms with Crippen LogP contribution in [0.5, 0.6) is 0 Å². The summed E-state index contributed by atoms with van der Waals surface area (Å²) in [5.74, 6) is 0. The van der Waals surface area contributed by atoms with Gasteiger partial charge in [-0.05, 0) is 46.8 Å². The van der Waals surface area contributed by atoms with E-state index in [0.29, 0.717) is 0 Å². The Morgan fingerprint density at radius 2 is 2.36 bits per heavy atom. The first-order valence-corrected chi connectivity index (χ1v) is 4.39. The molecule has 1 atom stereocenters. The molecule has 0 radical (unpaired) electrons. The molecular weight excluding hydrogens is 227 g/mol. The Morgan fingerprint density at radius 1 is 1.64 bits per heavy atom. The second-order valence-electron chi connectivity index (χ2n) is 2.22. The number of hydrogen-bond acceptors (Lipinski definition) is 2. The Labute approximate surface area is 79.2 Å². The molecule has 0 fully saturated rings. The lowest BCUT2D eigenvalue weighted by Gasteiger charge is -2.06. The summed E-state index contributed by atoms with van der Waals surface area (Å²) >= 11 is 8.71. The predicted molar refractivity (Wildman–Crippen MR) is 49.3 cm³/mol. The zero-order chi connectivity index (χ0) is 8.27. The number of halogens is 2. The first-order valence-electron chi connectivity index (χ1n) is 3.22. The molecule has 1 aromatic heterocycles. The van der Waals surface area contributed by atoms with Crippen LogP contribution in [0.4, 0.5) is 0 Å². The van der Waals surface area contributed by atoms with Crippen LogP contribution in [0, 0.1) is 0 Å². The van der Waals surface area contributed by atoms with Crippen LogP contribution in [-0.2, 0) is 0 Å². The van der Waals surface area contributed by atoms with E-state index in [0.717, 1.165) is 10.3 Å². The van der Waals surface area contributed by atoms with Crippen LogP contribution >= 0.6 is 27.7 Å². The third kappa shape index (κ3) is 2.43. The SMILES string of the molecule is C[C@@H](NCl)c1cccc(Br)n1. The number of hydrogen-bond donors (Lipinski definition) is 1. The molecule has 1 N–H and O–H groups in total. The molecule has 0 aliphatic carbocycles. The molecule has 60 valence electrons. The fourth-order valence-electron chi connectivity index (χ4n) is 0.721. The molecule has 1 rings (SSSR count). The summed E-state index contributed by atoms with van der Waals surface area (Å²) in [5.41, 5.74) is 0.925. The van der Waals surface area contributed by atoms with E-state index in [-0.39, 0.29) is 6.04 Å². The van der Waals surface area contributed by atoms with Crippen molar-refractivity contribution in [1.82, 2.24) is 9.82 Å². The first kappa shape index (κ1) is 8.97. The fraction of sp³-hybridized carbons (Fsp3) is 0.286. The van der Waals surface area contributed by atoms with Gasteiger partial charge >= 0.3 is 0 Å². The molecule has 2 nitrogen and oxygen atoms in total. The summed E-state index contributed by atoms with van der Waals surface area (Å²) in [5, 5.41) is 0. The average molecular weight is 236 g/mol. The molecule has 11 heavy (non-hydrogen) atoms. The van der Waals surface area contributed by atoms with Gasteiger partial charge in [0.05, 0.1) is 11.7 Å². The molecule has 0 bridgehead atoms. The Balaban J connectivity index is 2.86. The Kier molecular flexibility index (Phi) is 3.30.